The molecular weight excluding hydrogens is 380 g/mol. The summed E-state index contributed by atoms with van der Waals surface area (Å²) < 4.78 is 5.43. The molecule has 0 aliphatic rings. The summed E-state index contributed by atoms with van der Waals surface area (Å²) in [5.74, 6) is -2.54. The van der Waals surface area contributed by atoms with E-state index in [1.165, 1.54) is 0 Å². The molecular formula is C19H22N4O6. The highest BCUT2D eigenvalue weighted by atomic mass is 16.5. The first-order chi connectivity index (χ1) is 14.0. The minimum Gasteiger partial charge on any atom is -0.480 e. The van der Waals surface area contributed by atoms with E-state index in [0.717, 1.165) is 16.5 Å². The van der Waals surface area contributed by atoms with Gasteiger partial charge in [-0.25, -0.2) is 4.79 Å². The van der Waals surface area contributed by atoms with E-state index in [1.807, 2.05) is 24.3 Å². The average Bonchev–Trinajstić information content (AvgIpc) is 3.11. The zero-order valence-electron chi connectivity index (χ0n) is 15.6. The SMILES string of the molecule is [N-]=[N+]=CC(=O)CCC(NC(=O)C(Cc1c[nH]c2ccccc12)OCCO)C(=O)O. The number of hydrogen-bond donors (Lipinski definition) is 4. The lowest BCUT2D eigenvalue weighted by Gasteiger charge is -2.20. The molecule has 0 bridgehead atoms. The number of aliphatic hydroxyl groups excluding tert-OH is 1. The van der Waals surface area contributed by atoms with Crippen LogP contribution in [-0.4, -0.2) is 69.2 Å². The predicted octanol–water partition coefficient (Wildman–Crippen LogP) is 0.307. The first kappa shape index (κ1) is 22.0. The van der Waals surface area contributed by atoms with Crippen molar-refractivity contribution in [1.29, 1.82) is 0 Å². The van der Waals surface area contributed by atoms with E-state index < -0.39 is 29.8 Å². The highest BCUT2D eigenvalue weighted by molar-refractivity contribution is 6.25. The van der Waals surface area contributed by atoms with Crippen molar-refractivity contribution in [3.63, 3.8) is 0 Å². The van der Waals surface area contributed by atoms with Crippen molar-refractivity contribution in [2.45, 2.75) is 31.4 Å². The van der Waals surface area contributed by atoms with Gasteiger partial charge in [-0.1, -0.05) is 18.2 Å². The molecule has 2 rings (SSSR count). The Balaban J connectivity index is 2.10. The Morgan fingerprint density at radius 2 is 2.07 bits per heavy atom. The van der Waals surface area contributed by atoms with E-state index in [9.17, 15) is 19.5 Å². The Morgan fingerprint density at radius 1 is 1.31 bits per heavy atom. The number of aliphatic hydroxyl groups is 1. The van der Waals surface area contributed by atoms with Crippen LogP contribution in [0.1, 0.15) is 18.4 Å². The van der Waals surface area contributed by atoms with Crippen LogP contribution in [0.15, 0.2) is 30.5 Å². The number of carbonyl (C=O) groups is 3. The first-order valence-corrected chi connectivity index (χ1v) is 8.97. The van der Waals surface area contributed by atoms with Gasteiger partial charge in [0.25, 0.3) is 0 Å². The monoisotopic (exact) mass is 402 g/mol. The number of ketones is 1. The number of carboxylic acids is 1. The van der Waals surface area contributed by atoms with Crippen LogP contribution in [0.5, 0.6) is 0 Å². The molecule has 4 N–H and O–H groups in total. The summed E-state index contributed by atoms with van der Waals surface area (Å²) >= 11 is 0. The van der Waals surface area contributed by atoms with Crippen LogP contribution < -0.4 is 5.32 Å². The normalized spacial score (nSPS) is 12.7. The van der Waals surface area contributed by atoms with Gasteiger partial charge >= 0.3 is 12.2 Å². The highest BCUT2D eigenvalue weighted by Gasteiger charge is 2.27. The van der Waals surface area contributed by atoms with Crippen LogP contribution in [0.2, 0.25) is 0 Å². The summed E-state index contributed by atoms with van der Waals surface area (Å²) in [7, 11) is 0. The zero-order valence-corrected chi connectivity index (χ0v) is 15.6. The summed E-state index contributed by atoms with van der Waals surface area (Å²) in [6.07, 6.45) is 1.16. The Kier molecular flexibility index (Phi) is 8.23. The number of fused-ring (bicyclic) bond motifs is 1. The minimum atomic E-state index is -1.32. The first-order valence-electron chi connectivity index (χ1n) is 8.97. The van der Waals surface area contributed by atoms with E-state index in [4.69, 9.17) is 15.4 Å². The third kappa shape index (κ3) is 6.35. The van der Waals surface area contributed by atoms with E-state index in [0.29, 0.717) is 6.21 Å². The van der Waals surface area contributed by atoms with Crippen molar-refractivity contribution < 1.29 is 34.1 Å². The molecule has 0 aliphatic carbocycles. The number of nitrogens with one attached hydrogen (secondary N) is 2. The summed E-state index contributed by atoms with van der Waals surface area (Å²) in [6.45, 7) is -0.390. The molecule has 0 radical (unpaired) electrons. The van der Waals surface area contributed by atoms with Crippen molar-refractivity contribution in [3.05, 3.63) is 41.6 Å². The molecule has 1 heterocycles. The third-order valence-corrected chi connectivity index (χ3v) is 4.28. The average molecular weight is 402 g/mol. The lowest BCUT2D eigenvalue weighted by molar-refractivity contribution is -0.145. The number of carbonyl (C=O) groups excluding carboxylic acids is 2. The van der Waals surface area contributed by atoms with Gasteiger partial charge in [0.2, 0.25) is 11.7 Å². The molecule has 1 aromatic heterocycles. The van der Waals surface area contributed by atoms with Crippen LogP contribution in [-0.2, 0) is 25.5 Å². The summed E-state index contributed by atoms with van der Waals surface area (Å²) in [6, 6.07) is 6.18. The summed E-state index contributed by atoms with van der Waals surface area (Å²) in [5.41, 5.74) is 10.0. The van der Waals surface area contributed by atoms with Crippen molar-refractivity contribution in [1.82, 2.24) is 10.3 Å². The molecule has 1 amide bonds. The molecule has 10 heteroatoms. The Morgan fingerprint density at radius 3 is 2.76 bits per heavy atom. The van der Waals surface area contributed by atoms with Crippen LogP contribution in [0, 0.1) is 0 Å². The number of aromatic amines is 1. The number of aromatic nitrogens is 1. The fraction of sp³-hybridized carbons (Fsp3) is 0.368. The zero-order chi connectivity index (χ0) is 21.2. The molecule has 1 aromatic carbocycles. The molecule has 154 valence electrons. The number of H-pyrrole nitrogens is 1. The Hall–Kier alpha value is -3.33. The fourth-order valence-corrected chi connectivity index (χ4v) is 2.86. The second-order valence-electron chi connectivity index (χ2n) is 6.30. The van der Waals surface area contributed by atoms with Gasteiger partial charge in [-0.2, -0.15) is 4.79 Å². The van der Waals surface area contributed by atoms with Gasteiger partial charge in [-0.05, 0) is 18.1 Å². The van der Waals surface area contributed by atoms with E-state index >= 15 is 0 Å². The van der Waals surface area contributed by atoms with E-state index in [2.05, 4.69) is 15.1 Å². The second-order valence-corrected chi connectivity index (χ2v) is 6.30. The largest absolute Gasteiger partial charge is 0.480 e. The second kappa shape index (κ2) is 10.9. The Bertz CT molecular complexity index is 918. The molecule has 0 aliphatic heterocycles. The number of Topliss-reactive ketones (excluding diaryl/α,β-unsaturated/α-hetero) is 1. The van der Waals surface area contributed by atoms with Crippen molar-refractivity contribution in [2.75, 3.05) is 13.2 Å². The number of benzene rings is 1. The van der Waals surface area contributed by atoms with E-state index in [-0.39, 0.29) is 32.5 Å². The van der Waals surface area contributed by atoms with Crippen LogP contribution in [0.4, 0.5) is 0 Å². The molecule has 0 saturated heterocycles. The van der Waals surface area contributed by atoms with Gasteiger partial charge in [0.15, 0.2) is 0 Å². The van der Waals surface area contributed by atoms with Gasteiger partial charge in [0.05, 0.1) is 13.2 Å². The fourth-order valence-electron chi connectivity index (χ4n) is 2.86. The van der Waals surface area contributed by atoms with Crippen LogP contribution in [0.3, 0.4) is 0 Å². The minimum absolute atomic E-state index is 0.0936. The molecule has 2 aromatic rings. The molecule has 10 nitrogen and oxygen atoms in total. The molecule has 0 fully saturated rings. The number of ether oxygens (including phenoxy) is 1. The van der Waals surface area contributed by atoms with Crippen molar-refractivity contribution in [3.8, 4) is 0 Å². The highest BCUT2D eigenvalue weighted by Crippen LogP contribution is 2.20. The summed E-state index contributed by atoms with van der Waals surface area (Å²) in [5, 5.41) is 21.6. The van der Waals surface area contributed by atoms with Gasteiger partial charge in [0, 0.05) is 29.9 Å². The quantitative estimate of drug-likeness (QED) is 0.226. The molecule has 2 atom stereocenters. The van der Waals surface area contributed by atoms with Crippen molar-refractivity contribution in [2.24, 2.45) is 0 Å². The number of amides is 1. The van der Waals surface area contributed by atoms with Gasteiger partial charge in [0.1, 0.15) is 12.1 Å². The maximum atomic E-state index is 12.7. The molecule has 29 heavy (non-hydrogen) atoms. The number of nitrogens with zero attached hydrogens (tertiary/aromatic N) is 2. The molecule has 2 unspecified atom stereocenters. The van der Waals surface area contributed by atoms with Crippen LogP contribution >= 0.6 is 0 Å². The standard InChI is InChI=1S/C19H22N4O6/c20-22-11-13(25)5-6-16(19(27)28)23-18(26)17(29-8-7-24)9-12-10-21-15-4-2-1-3-14(12)15/h1-4,10-11,16-17,21,24H,5-9H2,(H,23,26)(H,27,28). The molecule has 0 saturated carbocycles. The van der Waals surface area contributed by atoms with Crippen LogP contribution in [0.25, 0.3) is 16.4 Å². The lowest BCUT2D eigenvalue weighted by atomic mass is 10.0. The van der Waals surface area contributed by atoms with Gasteiger partial charge in [-0.15, -0.1) is 0 Å². The smallest absolute Gasteiger partial charge is 0.326 e. The maximum absolute atomic E-state index is 12.7. The molecule has 0 spiro atoms. The lowest BCUT2D eigenvalue weighted by Crippen LogP contribution is -2.47. The van der Waals surface area contributed by atoms with Crippen molar-refractivity contribution >= 4 is 34.8 Å². The van der Waals surface area contributed by atoms with E-state index in [1.54, 1.807) is 6.20 Å². The van der Waals surface area contributed by atoms with Gasteiger partial charge in [-0.3, -0.25) is 9.59 Å². The number of hydrogen-bond acceptors (Lipinski definition) is 5. The number of aliphatic carboxylic acids is 1. The topological polar surface area (TPSA) is 165 Å². The summed E-state index contributed by atoms with van der Waals surface area (Å²) in [4.78, 5) is 41.2. The third-order valence-electron chi connectivity index (χ3n) is 4.28. The maximum Gasteiger partial charge on any atom is 0.326 e. The Labute approximate surface area is 166 Å². The van der Waals surface area contributed by atoms with Gasteiger partial charge < -0.3 is 30.8 Å². The number of rotatable bonds is 12. The number of para-hydroxylation sites is 1. The number of carboxylic acid groups (broad SMARTS) is 1. The predicted molar refractivity (Wildman–Crippen MR) is 102 cm³/mol.